The van der Waals surface area contributed by atoms with Crippen LogP contribution in [0.5, 0.6) is 17.2 Å². The van der Waals surface area contributed by atoms with Gasteiger partial charge in [0.25, 0.3) is 5.91 Å². The number of hydrogen-bond donors (Lipinski definition) is 1. The largest absolute Gasteiger partial charge is 0.494 e. The van der Waals surface area contributed by atoms with Crippen molar-refractivity contribution < 1.29 is 19.0 Å². The van der Waals surface area contributed by atoms with Crippen molar-refractivity contribution in [2.45, 2.75) is 20.3 Å². The van der Waals surface area contributed by atoms with Crippen molar-refractivity contribution in [2.75, 3.05) is 19.8 Å². The normalized spacial score (nSPS) is 10.5. The Hall–Kier alpha value is -3.28. The Morgan fingerprint density at radius 1 is 1.07 bits per heavy atom. The number of carbonyl (C=O) groups is 1. The summed E-state index contributed by atoms with van der Waals surface area (Å²) in [6.07, 6.45) is 4.18. The van der Waals surface area contributed by atoms with Crippen LogP contribution in [0.25, 0.3) is 0 Å². The Morgan fingerprint density at radius 3 is 2.54 bits per heavy atom. The first-order chi connectivity index (χ1) is 13.7. The molecule has 6 heteroatoms. The highest BCUT2D eigenvalue weighted by atomic mass is 16.5. The predicted octanol–water partition coefficient (Wildman–Crippen LogP) is 4.20. The van der Waals surface area contributed by atoms with Crippen LogP contribution in [0.4, 0.5) is 0 Å². The van der Waals surface area contributed by atoms with E-state index in [4.69, 9.17) is 14.2 Å². The van der Waals surface area contributed by atoms with Gasteiger partial charge in [0, 0.05) is 5.56 Å². The lowest BCUT2D eigenvalue weighted by Gasteiger charge is -2.12. The average Bonchev–Trinajstić information content (AvgIpc) is 2.72. The van der Waals surface area contributed by atoms with Crippen LogP contribution >= 0.6 is 0 Å². The Kier molecular flexibility index (Phi) is 8.59. The third-order valence-corrected chi connectivity index (χ3v) is 3.60. The molecule has 2 aromatic carbocycles. The van der Waals surface area contributed by atoms with Gasteiger partial charge >= 0.3 is 0 Å². The van der Waals surface area contributed by atoms with Crippen molar-refractivity contribution in [3.05, 3.63) is 66.2 Å². The van der Waals surface area contributed by atoms with Gasteiger partial charge in [-0.05, 0) is 61.4 Å². The molecule has 0 bridgehead atoms. The van der Waals surface area contributed by atoms with E-state index < -0.39 is 0 Å². The second kappa shape index (κ2) is 11.4. The van der Waals surface area contributed by atoms with Gasteiger partial charge in [-0.25, -0.2) is 5.43 Å². The summed E-state index contributed by atoms with van der Waals surface area (Å²) in [7, 11) is 0. The Balaban J connectivity index is 1.98. The summed E-state index contributed by atoms with van der Waals surface area (Å²) in [6.45, 7) is 9.06. The number of carbonyl (C=O) groups excluding carboxylic acids is 1. The minimum Gasteiger partial charge on any atom is -0.494 e. The first-order valence-corrected chi connectivity index (χ1v) is 9.24. The fourth-order valence-corrected chi connectivity index (χ4v) is 2.29. The summed E-state index contributed by atoms with van der Waals surface area (Å²) in [6, 6.07) is 12.5. The summed E-state index contributed by atoms with van der Waals surface area (Å²) in [5, 5.41) is 4.01. The van der Waals surface area contributed by atoms with Gasteiger partial charge in [0.1, 0.15) is 12.4 Å². The molecule has 0 aliphatic heterocycles. The average molecular weight is 382 g/mol. The highest BCUT2D eigenvalue weighted by molar-refractivity contribution is 5.95. The smallest absolute Gasteiger partial charge is 0.271 e. The molecule has 1 N–H and O–H groups in total. The predicted molar refractivity (Wildman–Crippen MR) is 111 cm³/mol. The maximum absolute atomic E-state index is 12.3. The van der Waals surface area contributed by atoms with Crippen LogP contribution < -0.4 is 19.6 Å². The van der Waals surface area contributed by atoms with Crippen molar-refractivity contribution >= 4 is 12.1 Å². The molecule has 0 aliphatic rings. The van der Waals surface area contributed by atoms with E-state index in [1.165, 1.54) is 0 Å². The number of hydrogen-bond acceptors (Lipinski definition) is 5. The molecule has 0 spiro atoms. The minimum absolute atomic E-state index is 0.338. The molecular formula is C22H26N2O4. The number of hydrazone groups is 1. The topological polar surface area (TPSA) is 69.2 Å². The molecule has 2 aromatic rings. The summed E-state index contributed by atoms with van der Waals surface area (Å²) in [5.41, 5.74) is 3.79. The molecule has 0 radical (unpaired) electrons. The van der Waals surface area contributed by atoms with Gasteiger partial charge < -0.3 is 14.2 Å². The van der Waals surface area contributed by atoms with Crippen molar-refractivity contribution in [3.8, 4) is 17.2 Å². The van der Waals surface area contributed by atoms with Crippen LogP contribution in [0.2, 0.25) is 0 Å². The van der Waals surface area contributed by atoms with Gasteiger partial charge in [0.05, 0.1) is 19.4 Å². The maximum atomic E-state index is 12.3. The van der Waals surface area contributed by atoms with Gasteiger partial charge in [-0.2, -0.15) is 5.10 Å². The van der Waals surface area contributed by atoms with Crippen LogP contribution in [0.3, 0.4) is 0 Å². The molecule has 0 aliphatic carbocycles. The molecule has 0 saturated carbocycles. The molecule has 0 fully saturated rings. The number of rotatable bonds is 11. The second-order valence-electron chi connectivity index (χ2n) is 5.81. The minimum atomic E-state index is -0.338. The van der Waals surface area contributed by atoms with Crippen LogP contribution in [-0.4, -0.2) is 31.9 Å². The first-order valence-electron chi connectivity index (χ1n) is 9.24. The van der Waals surface area contributed by atoms with Gasteiger partial charge in [-0.3, -0.25) is 4.79 Å². The molecule has 0 unspecified atom stereocenters. The molecular weight excluding hydrogens is 356 g/mol. The van der Waals surface area contributed by atoms with Gasteiger partial charge in [0.2, 0.25) is 0 Å². The number of nitrogens with zero attached hydrogens (tertiary/aromatic N) is 1. The van der Waals surface area contributed by atoms with Crippen LogP contribution in [0.15, 0.2) is 60.2 Å². The first kappa shape index (κ1) is 21.0. The SMILES string of the molecule is C=CCOc1ccc(C(=O)N/N=C/c2ccc(OCCC)cc2)cc1OCC. The van der Waals surface area contributed by atoms with E-state index in [1.807, 2.05) is 31.2 Å². The Labute approximate surface area is 165 Å². The summed E-state index contributed by atoms with van der Waals surface area (Å²) < 4.78 is 16.6. The fourth-order valence-electron chi connectivity index (χ4n) is 2.29. The van der Waals surface area contributed by atoms with E-state index >= 15 is 0 Å². The maximum Gasteiger partial charge on any atom is 0.271 e. The quantitative estimate of drug-likeness (QED) is 0.359. The lowest BCUT2D eigenvalue weighted by molar-refractivity contribution is 0.0954. The van der Waals surface area contributed by atoms with Crippen molar-refractivity contribution in [2.24, 2.45) is 5.10 Å². The Bertz CT molecular complexity index is 801. The highest BCUT2D eigenvalue weighted by Gasteiger charge is 2.11. The van der Waals surface area contributed by atoms with Crippen LogP contribution in [0, 0.1) is 0 Å². The van der Waals surface area contributed by atoms with Gasteiger partial charge in [-0.1, -0.05) is 19.6 Å². The molecule has 6 nitrogen and oxygen atoms in total. The standard InChI is InChI=1S/C22H26N2O4/c1-4-13-27-19-10-7-17(8-11-19)16-23-24-22(25)18-9-12-20(28-14-5-2)21(15-18)26-6-3/h5,7-12,15-16H,2,4,6,13-14H2,1,3H3,(H,24,25)/b23-16+. The van der Waals surface area contributed by atoms with Gasteiger partial charge in [-0.15, -0.1) is 0 Å². The molecule has 1 amide bonds. The molecule has 0 heterocycles. The number of amides is 1. The second-order valence-corrected chi connectivity index (χ2v) is 5.81. The van der Waals surface area contributed by atoms with Crippen LogP contribution in [0.1, 0.15) is 36.2 Å². The molecule has 0 aromatic heterocycles. The summed E-state index contributed by atoms with van der Waals surface area (Å²) >= 11 is 0. The van der Waals surface area contributed by atoms with Crippen molar-refractivity contribution in [1.82, 2.24) is 5.43 Å². The van der Waals surface area contributed by atoms with E-state index in [1.54, 1.807) is 30.5 Å². The zero-order valence-electron chi connectivity index (χ0n) is 16.3. The third-order valence-electron chi connectivity index (χ3n) is 3.60. The number of ether oxygens (including phenoxy) is 3. The van der Waals surface area contributed by atoms with E-state index in [9.17, 15) is 4.79 Å². The third kappa shape index (κ3) is 6.46. The monoisotopic (exact) mass is 382 g/mol. The van der Waals surface area contributed by atoms with E-state index in [0.717, 1.165) is 17.7 Å². The molecule has 28 heavy (non-hydrogen) atoms. The Morgan fingerprint density at radius 2 is 1.86 bits per heavy atom. The molecule has 0 atom stereocenters. The zero-order valence-corrected chi connectivity index (χ0v) is 16.3. The highest BCUT2D eigenvalue weighted by Crippen LogP contribution is 2.28. The fraction of sp³-hybridized carbons (Fsp3) is 0.273. The van der Waals surface area contributed by atoms with E-state index in [-0.39, 0.29) is 5.91 Å². The molecule has 148 valence electrons. The molecule has 2 rings (SSSR count). The lowest BCUT2D eigenvalue weighted by Crippen LogP contribution is -2.17. The van der Waals surface area contributed by atoms with E-state index in [0.29, 0.717) is 36.9 Å². The zero-order chi connectivity index (χ0) is 20.2. The van der Waals surface area contributed by atoms with Gasteiger partial charge in [0.15, 0.2) is 11.5 Å². The van der Waals surface area contributed by atoms with E-state index in [2.05, 4.69) is 24.0 Å². The van der Waals surface area contributed by atoms with Crippen molar-refractivity contribution in [1.29, 1.82) is 0 Å². The summed E-state index contributed by atoms with van der Waals surface area (Å²) in [4.78, 5) is 12.3. The number of benzene rings is 2. The van der Waals surface area contributed by atoms with Crippen LogP contribution in [-0.2, 0) is 0 Å². The van der Waals surface area contributed by atoms with Crippen molar-refractivity contribution in [3.63, 3.8) is 0 Å². The lowest BCUT2D eigenvalue weighted by atomic mass is 10.2. The number of nitrogens with one attached hydrogen (secondary N) is 1. The summed E-state index contributed by atoms with van der Waals surface area (Å²) in [5.74, 6) is 1.54. The molecule has 0 saturated heterocycles.